The SMILES string of the molecule is C1=CC[C]([Hf+2][C]2=CC2)=C1.[Cl-].[Cl-]. The first kappa shape index (κ1) is 11.7. The van der Waals surface area contributed by atoms with Gasteiger partial charge in [-0.15, -0.1) is 0 Å². The van der Waals surface area contributed by atoms with Gasteiger partial charge in [-0.1, -0.05) is 0 Å². The molecule has 3 heteroatoms. The van der Waals surface area contributed by atoms with E-state index in [9.17, 15) is 0 Å². The van der Waals surface area contributed by atoms with Crippen LogP contribution in [0.1, 0.15) is 12.8 Å². The molecule has 0 saturated heterocycles. The molecule has 0 aromatic heterocycles. The molecule has 0 nitrogen and oxygen atoms in total. The van der Waals surface area contributed by atoms with Crippen molar-refractivity contribution in [1.29, 1.82) is 0 Å². The van der Waals surface area contributed by atoms with Crippen LogP contribution in [0, 0.1) is 0 Å². The maximum Gasteiger partial charge on any atom is -1.00 e. The molecular formula is C8H8Cl2Hf. The molecule has 0 N–H and O–H groups in total. The van der Waals surface area contributed by atoms with Crippen LogP contribution in [0.2, 0.25) is 0 Å². The Morgan fingerprint density at radius 1 is 1.09 bits per heavy atom. The first-order valence-corrected chi connectivity index (χ1v) is 6.86. The van der Waals surface area contributed by atoms with Gasteiger partial charge in [-0.3, -0.25) is 0 Å². The Bertz CT molecular complexity index is 216. The van der Waals surface area contributed by atoms with E-state index in [1.54, 1.807) is 3.33 Å². The second-order valence-corrected chi connectivity index (χ2v) is 7.90. The molecule has 0 aliphatic heterocycles. The summed E-state index contributed by atoms with van der Waals surface area (Å²) in [7, 11) is 0. The Morgan fingerprint density at radius 3 is 2.27 bits per heavy atom. The Hall–Kier alpha value is 0.670. The maximum atomic E-state index is 2.39. The Labute approximate surface area is 91.0 Å². The fourth-order valence-electron chi connectivity index (χ4n) is 0.899. The molecule has 0 unspecified atom stereocenters. The summed E-state index contributed by atoms with van der Waals surface area (Å²) in [6, 6.07) is 0. The van der Waals surface area contributed by atoms with E-state index >= 15 is 0 Å². The van der Waals surface area contributed by atoms with E-state index in [-0.39, 0.29) is 47.7 Å². The van der Waals surface area contributed by atoms with Crippen molar-refractivity contribution in [3.8, 4) is 0 Å². The molecule has 0 fully saturated rings. The van der Waals surface area contributed by atoms with Crippen LogP contribution in [-0.2, 0) is 22.9 Å². The van der Waals surface area contributed by atoms with Crippen LogP contribution >= 0.6 is 0 Å². The van der Waals surface area contributed by atoms with Gasteiger partial charge in [0.1, 0.15) is 0 Å². The number of hydrogen-bond donors (Lipinski definition) is 0. The number of rotatable bonds is 2. The zero-order chi connectivity index (χ0) is 6.10. The van der Waals surface area contributed by atoms with Crippen molar-refractivity contribution < 1.29 is 47.7 Å². The van der Waals surface area contributed by atoms with Crippen molar-refractivity contribution in [1.82, 2.24) is 0 Å². The maximum absolute atomic E-state index is 2.39. The molecule has 2 aliphatic rings. The van der Waals surface area contributed by atoms with Crippen LogP contribution in [-0.4, -0.2) is 0 Å². The van der Waals surface area contributed by atoms with Crippen molar-refractivity contribution in [3.05, 3.63) is 31.0 Å². The quantitative estimate of drug-likeness (QED) is 0.447. The molecule has 0 amide bonds. The van der Waals surface area contributed by atoms with Gasteiger partial charge in [0, 0.05) is 0 Å². The van der Waals surface area contributed by atoms with E-state index in [0.29, 0.717) is 0 Å². The van der Waals surface area contributed by atoms with Gasteiger partial charge in [-0.25, -0.2) is 0 Å². The Kier molecular flexibility index (Phi) is 5.66. The summed E-state index contributed by atoms with van der Waals surface area (Å²) < 4.78 is 3.60. The first-order valence-electron chi connectivity index (χ1n) is 3.27. The minimum absolute atomic E-state index is 0. The molecule has 0 spiro atoms. The van der Waals surface area contributed by atoms with E-state index in [4.69, 9.17) is 0 Å². The smallest absolute Gasteiger partial charge is 1.00 e. The number of halogens is 2. The van der Waals surface area contributed by atoms with E-state index in [2.05, 4.69) is 24.3 Å². The van der Waals surface area contributed by atoms with Gasteiger partial charge in [0.2, 0.25) is 0 Å². The predicted octanol–water partition coefficient (Wildman–Crippen LogP) is -3.79. The summed E-state index contributed by atoms with van der Waals surface area (Å²) in [4.78, 5) is 0. The predicted molar refractivity (Wildman–Crippen MR) is 34.5 cm³/mol. The van der Waals surface area contributed by atoms with Crippen molar-refractivity contribution in [2.24, 2.45) is 0 Å². The molecule has 0 heterocycles. The van der Waals surface area contributed by atoms with Gasteiger partial charge < -0.3 is 24.8 Å². The fourth-order valence-corrected chi connectivity index (χ4v) is 4.92. The number of hydrogen-bond acceptors (Lipinski definition) is 0. The molecule has 0 atom stereocenters. The normalized spacial score (nSPS) is 17.1. The zero-order valence-corrected chi connectivity index (χ0v) is 11.1. The second-order valence-electron chi connectivity index (χ2n) is 2.38. The summed E-state index contributed by atoms with van der Waals surface area (Å²) in [6.45, 7) is 0. The molecule has 0 radical (unpaired) electrons. The van der Waals surface area contributed by atoms with Crippen LogP contribution in [0.15, 0.2) is 31.0 Å². The van der Waals surface area contributed by atoms with E-state index in [1.165, 1.54) is 12.8 Å². The molecule has 0 saturated carbocycles. The third kappa shape index (κ3) is 3.73. The second kappa shape index (κ2) is 5.34. The van der Waals surface area contributed by atoms with Crippen LogP contribution in [0.4, 0.5) is 0 Å². The van der Waals surface area contributed by atoms with E-state index in [0.717, 1.165) is 0 Å². The summed E-state index contributed by atoms with van der Waals surface area (Å²) in [5, 5.41) is 0. The zero-order valence-electron chi connectivity index (χ0n) is 5.98. The van der Waals surface area contributed by atoms with Gasteiger partial charge in [-0.05, 0) is 0 Å². The monoisotopic (exact) mass is 354 g/mol. The van der Waals surface area contributed by atoms with Gasteiger partial charge in [-0.2, -0.15) is 0 Å². The van der Waals surface area contributed by atoms with Gasteiger partial charge >= 0.3 is 66.7 Å². The molecule has 2 rings (SSSR count). The molecule has 0 aromatic rings. The van der Waals surface area contributed by atoms with E-state index < -0.39 is 0 Å². The topological polar surface area (TPSA) is 0 Å². The molecule has 11 heavy (non-hydrogen) atoms. The molecule has 0 aromatic carbocycles. The summed E-state index contributed by atoms with van der Waals surface area (Å²) >= 11 is -0.367. The summed E-state index contributed by atoms with van der Waals surface area (Å²) in [5.41, 5.74) is 0. The van der Waals surface area contributed by atoms with Gasteiger partial charge in [0.15, 0.2) is 0 Å². The molecule has 0 bridgehead atoms. The van der Waals surface area contributed by atoms with Crippen LogP contribution in [0.5, 0.6) is 0 Å². The molecule has 58 valence electrons. The fraction of sp³-hybridized carbons (Fsp3) is 0.250. The average Bonchev–Trinajstić information content (AvgIpc) is 2.46. The van der Waals surface area contributed by atoms with Gasteiger partial charge in [0.25, 0.3) is 0 Å². The Balaban J connectivity index is 0.000000500. The van der Waals surface area contributed by atoms with Crippen LogP contribution < -0.4 is 24.8 Å². The van der Waals surface area contributed by atoms with Crippen molar-refractivity contribution in [3.63, 3.8) is 0 Å². The van der Waals surface area contributed by atoms with Crippen molar-refractivity contribution in [2.75, 3.05) is 0 Å². The standard InChI is InChI=1S/C5H5.C3H3.2ClH.Hf/c1-2-4-5-3-1;1-2-3-1;;;/h1-3H,4H2;1H,2H2;2*1H;/q;;;;+2/p-2. The van der Waals surface area contributed by atoms with Crippen molar-refractivity contribution >= 4 is 0 Å². The van der Waals surface area contributed by atoms with Crippen LogP contribution in [0.25, 0.3) is 0 Å². The minimum atomic E-state index is -0.367. The summed E-state index contributed by atoms with van der Waals surface area (Å²) in [5.74, 6) is 0. The van der Waals surface area contributed by atoms with E-state index in [1.807, 2.05) is 3.33 Å². The molecular weight excluding hydrogens is 345 g/mol. The van der Waals surface area contributed by atoms with Crippen LogP contribution in [0.3, 0.4) is 0 Å². The first-order chi connectivity index (χ1) is 4.45. The third-order valence-corrected chi connectivity index (χ3v) is 6.61. The Morgan fingerprint density at radius 2 is 1.82 bits per heavy atom. The average molecular weight is 354 g/mol. The largest absolute Gasteiger partial charge is 1.00 e. The summed E-state index contributed by atoms with van der Waals surface area (Å²) in [6.07, 6.45) is 11.8. The molecule has 2 aliphatic carbocycles. The van der Waals surface area contributed by atoms with Gasteiger partial charge in [0.05, 0.1) is 0 Å². The minimum Gasteiger partial charge on any atom is -1.00 e. The third-order valence-electron chi connectivity index (χ3n) is 1.50. The van der Waals surface area contributed by atoms with Crippen molar-refractivity contribution in [2.45, 2.75) is 12.8 Å². The number of allylic oxidation sites excluding steroid dienone is 6.